The van der Waals surface area contributed by atoms with Crippen LogP contribution in [0, 0.1) is 13.8 Å². The van der Waals surface area contributed by atoms with Crippen LogP contribution in [-0.2, 0) is 0 Å². The van der Waals surface area contributed by atoms with Crippen LogP contribution in [0.15, 0.2) is 62.2 Å². The lowest BCUT2D eigenvalue weighted by Crippen LogP contribution is -2.04. The minimum absolute atomic E-state index is 0.0866. The maximum Gasteiger partial charge on any atom is 0.347 e. The van der Waals surface area contributed by atoms with Gasteiger partial charge in [0.15, 0.2) is 0 Å². The Balaban J connectivity index is 2.14. The minimum atomic E-state index is -0.555. The maximum absolute atomic E-state index is 12.6. The first-order valence-electron chi connectivity index (χ1n) is 8.16. The van der Waals surface area contributed by atoms with Crippen molar-refractivity contribution in [3.63, 3.8) is 0 Å². The number of aromatic hydroxyl groups is 1. The summed E-state index contributed by atoms with van der Waals surface area (Å²) < 4.78 is 6.19. The molecule has 0 bridgehead atoms. The van der Waals surface area contributed by atoms with Crippen LogP contribution in [0.5, 0.6) is 5.75 Å². The maximum atomic E-state index is 12.6. The number of hydrogen-bond donors (Lipinski definition) is 2. The van der Waals surface area contributed by atoms with E-state index in [4.69, 9.17) is 4.42 Å². The number of aryl methyl sites for hydroxylation is 2. The van der Waals surface area contributed by atoms with Crippen LogP contribution in [-0.4, -0.2) is 10.1 Å². The Labute approximate surface area is 158 Å². The highest BCUT2D eigenvalue weighted by atomic mass is 79.9. The van der Waals surface area contributed by atoms with Crippen molar-refractivity contribution in [3.05, 3.63) is 74.7 Å². The van der Waals surface area contributed by atoms with Crippen LogP contribution >= 0.6 is 15.9 Å². The summed E-state index contributed by atoms with van der Waals surface area (Å²) >= 11 is 3.49. The van der Waals surface area contributed by atoms with E-state index in [0.29, 0.717) is 11.3 Å². The summed E-state index contributed by atoms with van der Waals surface area (Å²) in [4.78, 5) is 16.0. The highest BCUT2D eigenvalue weighted by molar-refractivity contribution is 9.10. The van der Waals surface area contributed by atoms with E-state index < -0.39 is 5.63 Å². The zero-order valence-corrected chi connectivity index (χ0v) is 15.8. The second kappa shape index (κ2) is 6.18. The number of benzene rings is 2. The third-order valence-corrected chi connectivity index (χ3v) is 4.86. The fraction of sp³-hybridized carbons (Fsp3) is 0.0952. The van der Waals surface area contributed by atoms with E-state index in [9.17, 15) is 9.90 Å². The Kier molecular flexibility index (Phi) is 3.96. The van der Waals surface area contributed by atoms with Gasteiger partial charge in [0.25, 0.3) is 0 Å². The van der Waals surface area contributed by atoms with Crippen LogP contribution in [0.1, 0.15) is 11.3 Å². The van der Waals surface area contributed by atoms with Crippen LogP contribution in [0.25, 0.3) is 33.3 Å². The number of aromatic amines is 1. The standard InChI is InChI=1S/C21H16BrNO3/c1-11-6-7-15-16(8-11)23-20(13-4-3-5-14(22)10-13)18(15)19-17(24)9-12(2)26-21(19)25/h3-10,23-24H,1-2H3. The summed E-state index contributed by atoms with van der Waals surface area (Å²) in [5.41, 5.74) is 3.92. The molecule has 0 amide bonds. The highest BCUT2D eigenvalue weighted by Crippen LogP contribution is 2.41. The number of fused-ring (bicyclic) bond motifs is 1. The fourth-order valence-electron chi connectivity index (χ4n) is 3.26. The van der Waals surface area contributed by atoms with E-state index in [1.165, 1.54) is 6.07 Å². The molecule has 0 saturated heterocycles. The zero-order chi connectivity index (χ0) is 18.4. The predicted molar refractivity (Wildman–Crippen MR) is 107 cm³/mol. The molecule has 0 atom stereocenters. The Morgan fingerprint density at radius 3 is 2.58 bits per heavy atom. The van der Waals surface area contributed by atoms with Gasteiger partial charge in [0.05, 0.1) is 5.69 Å². The lowest BCUT2D eigenvalue weighted by Gasteiger charge is -2.07. The molecule has 0 spiro atoms. The number of nitrogens with one attached hydrogen (secondary N) is 1. The average Bonchev–Trinajstić information content (AvgIpc) is 2.92. The van der Waals surface area contributed by atoms with Crippen LogP contribution in [0.4, 0.5) is 0 Å². The van der Waals surface area contributed by atoms with Gasteiger partial charge in [-0.15, -0.1) is 0 Å². The number of hydrogen-bond acceptors (Lipinski definition) is 3. The van der Waals surface area contributed by atoms with E-state index in [2.05, 4.69) is 20.9 Å². The molecule has 5 heteroatoms. The van der Waals surface area contributed by atoms with Crippen LogP contribution in [0.2, 0.25) is 0 Å². The second-order valence-corrected chi connectivity index (χ2v) is 7.25. The molecule has 130 valence electrons. The number of aromatic nitrogens is 1. The third kappa shape index (κ3) is 2.74. The van der Waals surface area contributed by atoms with Crippen molar-refractivity contribution in [2.45, 2.75) is 13.8 Å². The van der Waals surface area contributed by atoms with Crippen molar-refractivity contribution in [3.8, 4) is 28.1 Å². The van der Waals surface area contributed by atoms with Gasteiger partial charge in [-0.1, -0.05) is 40.2 Å². The van der Waals surface area contributed by atoms with Gasteiger partial charge in [-0.05, 0) is 43.2 Å². The summed E-state index contributed by atoms with van der Waals surface area (Å²) in [6, 6.07) is 15.2. The van der Waals surface area contributed by atoms with E-state index in [1.54, 1.807) is 6.92 Å². The lowest BCUT2D eigenvalue weighted by atomic mass is 9.98. The summed E-state index contributed by atoms with van der Waals surface area (Å²) in [6.45, 7) is 3.65. The largest absolute Gasteiger partial charge is 0.507 e. The van der Waals surface area contributed by atoms with E-state index in [0.717, 1.165) is 32.2 Å². The molecule has 0 radical (unpaired) electrons. The van der Waals surface area contributed by atoms with Crippen molar-refractivity contribution < 1.29 is 9.52 Å². The van der Waals surface area contributed by atoms with Crippen molar-refractivity contribution in [1.82, 2.24) is 4.98 Å². The molecule has 2 aromatic heterocycles. The fourth-order valence-corrected chi connectivity index (χ4v) is 3.66. The first-order chi connectivity index (χ1) is 12.4. The molecule has 26 heavy (non-hydrogen) atoms. The Morgan fingerprint density at radius 1 is 1.04 bits per heavy atom. The molecule has 0 aliphatic rings. The van der Waals surface area contributed by atoms with E-state index in [-0.39, 0.29) is 11.3 Å². The first kappa shape index (κ1) is 16.7. The Morgan fingerprint density at radius 2 is 1.85 bits per heavy atom. The molecule has 0 unspecified atom stereocenters. The topological polar surface area (TPSA) is 66.2 Å². The van der Waals surface area contributed by atoms with Gasteiger partial charge in [0.2, 0.25) is 0 Å². The summed E-state index contributed by atoms with van der Waals surface area (Å²) in [5, 5.41) is 11.4. The highest BCUT2D eigenvalue weighted by Gasteiger charge is 2.22. The van der Waals surface area contributed by atoms with Gasteiger partial charge < -0.3 is 14.5 Å². The van der Waals surface area contributed by atoms with Gasteiger partial charge in [-0.2, -0.15) is 0 Å². The van der Waals surface area contributed by atoms with Crippen LogP contribution in [0.3, 0.4) is 0 Å². The molecule has 4 aromatic rings. The second-order valence-electron chi connectivity index (χ2n) is 6.34. The van der Waals surface area contributed by atoms with E-state index >= 15 is 0 Å². The van der Waals surface area contributed by atoms with Crippen molar-refractivity contribution >= 4 is 26.8 Å². The molecule has 4 nitrogen and oxygen atoms in total. The van der Waals surface area contributed by atoms with Gasteiger partial charge in [-0.3, -0.25) is 0 Å². The smallest absolute Gasteiger partial charge is 0.347 e. The normalized spacial score (nSPS) is 11.2. The summed E-state index contributed by atoms with van der Waals surface area (Å²) in [6.07, 6.45) is 0. The molecule has 0 fully saturated rings. The third-order valence-electron chi connectivity index (χ3n) is 4.37. The molecular weight excluding hydrogens is 394 g/mol. The Hall–Kier alpha value is -2.79. The molecule has 2 heterocycles. The molecule has 0 aliphatic carbocycles. The predicted octanol–water partition coefficient (Wildman–Crippen LogP) is 5.54. The first-order valence-corrected chi connectivity index (χ1v) is 8.95. The van der Waals surface area contributed by atoms with E-state index in [1.807, 2.05) is 49.4 Å². The summed E-state index contributed by atoms with van der Waals surface area (Å²) in [5.74, 6) is 0.285. The monoisotopic (exact) mass is 409 g/mol. The van der Waals surface area contributed by atoms with Gasteiger partial charge in [0.1, 0.15) is 17.1 Å². The molecule has 0 saturated carbocycles. The van der Waals surface area contributed by atoms with Gasteiger partial charge in [0, 0.05) is 27.0 Å². The van der Waals surface area contributed by atoms with Gasteiger partial charge >= 0.3 is 5.63 Å². The lowest BCUT2D eigenvalue weighted by molar-refractivity contribution is 0.438. The number of halogens is 1. The SMILES string of the molecule is Cc1ccc2c(-c3c(O)cc(C)oc3=O)c(-c3cccc(Br)c3)[nH]c2c1. The Bertz CT molecular complexity index is 1200. The zero-order valence-electron chi connectivity index (χ0n) is 14.3. The quantitative estimate of drug-likeness (QED) is 0.456. The minimum Gasteiger partial charge on any atom is -0.507 e. The average molecular weight is 410 g/mol. The molecule has 2 N–H and O–H groups in total. The number of H-pyrrole nitrogens is 1. The van der Waals surface area contributed by atoms with Crippen LogP contribution < -0.4 is 5.63 Å². The molecular formula is C21H16BrNO3. The van der Waals surface area contributed by atoms with Gasteiger partial charge in [-0.25, -0.2) is 4.79 Å². The molecule has 4 rings (SSSR count). The summed E-state index contributed by atoms with van der Waals surface area (Å²) in [7, 11) is 0. The van der Waals surface area contributed by atoms with Crippen molar-refractivity contribution in [1.29, 1.82) is 0 Å². The van der Waals surface area contributed by atoms with Crippen molar-refractivity contribution in [2.24, 2.45) is 0 Å². The number of rotatable bonds is 2. The van der Waals surface area contributed by atoms with Crippen molar-refractivity contribution in [2.75, 3.05) is 0 Å². The molecule has 0 aliphatic heterocycles. The molecule has 2 aromatic carbocycles.